The molecule has 4 fully saturated rings. The van der Waals surface area contributed by atoms with Gasteiger partial charge < -0.3 is 19.9 Å². The Morgan fingerprint density at radius 2 is 1.76 bits per heavy atom. The van der Waals surface area contributed by atoms with Crippen molar-refractivity contribution < 1.29 is 9.53 Å². The van der Waals surface area contributed by atoms with Crippen LogP contribution in [0.4, 0.5) is 0 Å². The largest absolute Gasteiger partial charge is 0.378 e. The van der Waals surface area contributed by atoms with Gasteiger partial charge in [-0.15, -0.1) is 0 Å². The molecule has 2 aliphatic carbocycles. The van der Waals surface area contributed by atoms with E-state index in [0.29, 0.717) is 24.5 Å². The van der Waals surface area contributed by atoms with Gasteiger partial charge in [0.2, 0.25) is 5.91 Å². The molecule has 2 aliphatic heterocycles. The molecule has 2 heterocycles. The fraction of sp³-hybridized carbons (Fsp3) is 0.895. The fourth-order valence-electron chi connectivity index (χ4n) is 4.55. The van der Waals surface area contributed by atoms with E-state index < -0.39 is 0 Å². The Hall–Kier alpha value is -1.30. The van der Waals surface area contributed by atoms with E-state index in [1.807, 2.05) is 11.9 Å². The summed E-state index contributed by atoms with van der Waals surface area (Å²) in [6.07, 6.45) is 7.50. The quantitative estimate of drug-likeness (QED) is 0.615. The zero-order valence-corrected chi connectivity index (χ0v) is 15.5. The summed E-state index contributed by atoms with van der Waals surface area (Å²) < 4.78 is 5.35. The minimum atomic E-state index is 0.175. The van der Waals surface area contributed by atoms with Crippen molar-refractivity contribution in [2.24, 2.45) is 22.2 Å². The molecule has 6 heteroatoms. The van der Waals surface area contributed by atoms with Gasteiger partial charge in [-0.2, -0.15) is 0 Å². The summed E-state index contributed by atoms with van der Waals surface area (Å²) in [5.41, 5.74) is 0.584. The summed E-state index contributed by atoms with van der Waals surface area (Å²) in [5.74, 6) is 2.50. The van der Waals surface area contributed by atoms with Crippen molar-refractivity contribution in [1.82, 2.24) is 15.1 Å². The highest BCUT2D eigenvalue weighted by atomic mass is 16.5. The average molecular weight is 348 g/mol. The minimum Gasteiger partial charge on any atom is -0.378 e. The Labute approximate surface area is 151 Å². The first-order valence-electron chi connectivity index (χ1n) is 10.0. The zero-order chi connectivity index (χ0) is 17.3. The molecule has 1 N–H and O–H groups in total. The maximum absolute atomic E-state index is 12.7. The average Bonchev–Trinajstić information content (AvgIpc) is 3.56. The second-order valence-electron chi connectivity index (χ2n) is 8.24. The third kappa shape index (κ3) is 3.78. The Morgan fingerprint density at radius 3 is 2.32 bits per heavy atom. The van der Waals surface area contributed by atoms with E-state index in [9.17, 15) is 4.79 Å². The number of nitrogens with one attached hydrogen (secondary N) is 1. The van der Waals surface area contributed by atoms with Gasteiger partial charge in [0.05, 0.1) is 13.2 Å². The number of nitrogens with zero attached hydrogens (tertiary/aromatic N) is 3. The van der Waals surface area contributed by atoms with Gasteiger partial charge in [0.25, 0.3) is 0 Å². The summed E-state index contributed by atoms with van der Waals surface area (Å²) in [7, 11) is 1.88. The van der Waals surface area contributed by atoms with Crippen molar-refractivity contribution in [3.05, 3.63) is 0 Å². The van der Waals surface area contributed by atoms with E-state index in [1.54, 1.807) is 0 Å². The van der Waals surface area contributed by atoms with E-state index in [1.165, 1.54) is 25.7 Å². The molecule has 1 amide bonds. The van der Waals surface area contributed by atoms with Crippen LogP contribution in [0.3, 0.4) is 0 Å². The van der Waals surface area contributed by atoms with Gasteiger partial charge >= 0.3 is 0 Å². The lowest BCUT2D eigenvalue weighted by atomic mass is 9.95. The predicted molar refractivity (Wildman–Crippen MR) is 97.4 cm³/mol. The molecule has 140 valence electrons. The summed E-state index contributed by atoms with van der Waals surface area (Å²) in [5, 5.41) is 3.63. The lowest BCUT2D eigenvalue weighted by Crippen LogP contribution is -2.50. The van der Waals surface area contributed by atoms with Gasteiger partial charge in [-0.1, -0.05) is 0 Å². The third-order valence-corrected chi connectivity index (χ3v) is 6.61. The molecule has 6 nitrogen and oxygen atoms in total. The molecule has 2 saturated carbocycles. The van der Waals surface area contributed by atoms with Crippen LogP contribution in [0.5, 0.6) is 0 Å². The molecule has 0 radical (unpaired) electrons. The number of hydrogen-bond donors (Lipinski definition) is 1. The number of carbonyl (C=O) groups is 1. The van der Waals surface area contributed by atoms with Gasteiger partial charge in [0, 0.05) is 45.7 Å². The van der Waals surface area contributed by atoms with Crippen LogP contribution in [0, 0.1) is 17.3 Å². The van der Waals surface area contributed by atoms with Crippen LogP contribution >= 0.6 is 0 Å². The first kappa shape index (κ1) is 17.1. The van der Waals surface area contributed by atoms with E-state index in [4.69, 9.17) is 4.74 Å². The number of guanidine groups is 1. The SMILES string of the molecule is CN=C(NCC1(C2CC2)CC1)N1CCC(C(=O)N2CCOCC2)CC1. The Balaban J connectivity index is 1.24. The van der Waals surface area contributed by atoms with Crippen molar-refractivity contribution >= 4 is 11.9 Å². The number of piperidine rings is 1. The number of hydrogen-bond acceptors (Lipinski definition) is 3. The van der Waals surface area contributed by atoms with Gasteiger partial charge in [0.1, 0.15) is 0 Å². The molecule has 0 unspecified atom stereocenters. The zero-order valence-electron chi connectivity index (χ0n) is 15.5. The first-order valence-corrected chi connectivity index (χ1v) is 10.0. The van der Waals surface area contributed by atoms with Gasteiger partial charge in [-0.3, -0.25) is 9.79 Å². The monoisotopic (exact) mass is 348 g/mol. The number of carbonyl (C=O) groups excluding carboxylic acids is 1. The summed E-state index contributed by atoms with van der Waals surface area (Å²) in [4.78, 5) is 21.5. The first-order chi connectivity index (χ1) is 12.2. The summed E-state index contributed by atoms with van der Waals surface area (Å²) in [6.45, 7) is 5.81. The number of amides is 1. The Kier molecular flexibility index (Phi) is 4.89. The van der Waals surface area contributed by atoms with Crippen LogP contribution in [0.25, 0.3) is 0 Å². The van der Waals surface area contributed by atoms with E-state index in [2.05, 4.69) is 15.2 Å². The number of rotatable bonds is 4. The summed E-state index contributed by atoms with van der Waals surface area (Å²) >= 11 is 0. The highest BCUT2D eigenvalue weighted by Gasteiger charge is 2.53. The molecule has 0 aromatic heterocycles. The molecular weight excluding hydrogens is 316 g/mol. The highest BCUT2D eigenvalue weighted by Crippen LogP contribution is 2.60. The second kappa shape index (κ2) is 7.14. The van der Waals surface area contributed by atoms with Crippen LogP contribution in [0.2, 0.25) is 0 Å². The lowest BCUT2D eigenvalue weighted by molar-refractivity contribution is -0.140. The third-order valence-electron chi connectivity index (χ3n) is 6.61. The van der Waals surface area contributed by atoms with Crippen LogP contribution in [-0.4, -0.2) is 74.7 Å². The maximum atomic E-state index is 12.7. The number of morpholine rings is 1. The van der Waals surface area contributed by atoms with Crippen LogP contribution < -0.4 is 5.32 Å². The standard InChI is InChI=1S/C19H32N4O2/c1-20-18(21-14-19(6-7-19)16-2-3-16)23-8-4-15(5-9-23)17(24)22-10-12-25-13-11-22/h15-16H,2-14H2,1H3,(H,20,21). The minimum absolute atomic E-state index is 0.175. The molecule has 0 spiro atoms. The number of likely N-dealkylation sites (tertiary alicyclic amines) is 1. The van der Waals surface area contributed by atoms with E-state index in [-0.39, 0.29) is 5.92 Å². The molecule has 2 saturated heterocycles. The Morgan fingerprint density at radius 1 is 1.08 bits per heavy atom. The highest BCUT2D eigenvalue weighted by molar-refractivity contribution is 5.82. The van der Waals surface area contributed by atoms with Gasteiger partial charge in [-0.25, -0.2) is 0 Å². The molecular formula is C19H32N4O2. The number of aliphatic imine (C=N–C) groups is 1. The maximum Gasteiger partial charge on any atom is 0.225 e. The molecule has 0 bridgehead atoms. The molecule has 4 aliphatic rings. The van der Waals surface area contributed by atoms with E-state index >= 15 is 0 Å². The molecule has 0 aromatic rings. The molecule has 25 heavy (non-hydrogen) atoms. The van der Waals surface area contributed by atoms with Crippen LogP contribution in [-0.2, 0) is 9.53 Å². The smallest absolute Gasteiger partial charge is 0.225 e. The van der Waals surface area contributed by atoms with Gasteiger partial charge in [-0.05, 0) is 49.9 Å². The molecule has 0 aromatic carbocycles. The summed E-state index contributed by atoms with van der Waals surface area (Å²) in [6, 6.07) is 0. The van der Waals surface area contributed by atoms with Crippen LogP contribution in [0.15, 0.2) is 4.99 Å². The normalized spacial score (nSPS) is 27.3. The predicted octanol–water partition coefficient (Wildman–Crippen LogP) is 1.32. The molecule has 0 atom stereocenters. The van der Waals surface area contributed by atoms with Crippen molar-refractivity contribution in [3.63, 3.8) is 0 Å². The molecule has 4 rings (SSSR count). The number of ether oxygens (including phenoxy) is 1. The van der Waals surface area contributed by atoms with Crippen molar-refractivity contribution in [1.29, 1.82) is 0 Å². The topological polar surface area (TPSA) is 57.2 Å². The van der Waals surface area contributed by atoms with Crippen LogP contribution in [0.1, 0.15) is 38.5 Å². The lowest BCUT2D eigenvalue weighted by Gasteiger charge is -2.37. The second-order valence-corrected chi connectivity index (χ2v) is 8.24. The van der Waals surface area contributed by atoms with E-state index in [0.717, 1.165) is 57.4 Å². The van der Waals surface area contributed by atoms with Gasteiger partial charge in [0.15, 0.2) is 5.96 Å². The van der Waals surface area contributed by atoms with Crippen molar-refractivity contribution in [3.8, 4) is 0 Å². The Bertz CT molecular complexity index is 514. The van der Waals surface area contributed by atoms with Crippen molar-refractivity contribution in [2.45, 2.75) is 38.5 Å². The fourth-order valence-corrected chi connectivity index (χ4v) is 4.55. The van der Waals surface area contributed by atoms with Crippen molar-refractivity contribution in [2.75, 3.05) is 53.0 Å².